The molecular weight excluding hydrogens is 723 g/mol. The van der Waals surface area contributed by atoms with Crippen molar-refractivity contribution in [2.24, 2.45) is 0 Å². The Balaban J connectivity index is 1.26. The summed E-state index contributed by atoms with van der Waals surface area (Å²) in [5.74, 6) is 0. The molecule has 7 aromatic carbocycles. The van der Waals surface area contributed by atoms with E-state index in [0.717, 1.165) is 0 Å². The number of hydrogen-bond donors (Lipinski definition) is 0. The summed E-state index contributed by atoms with van der Waals surface area (Å²) in [4.78, 5) is 5.39. The predicted octanol–water partition coefficient (Wildman–Crippen LogP) is 14.0. The van der Waals surface area contributed by atoms with Gasteiger partial charge in [-0.25, -0.2) is 0 Å². The van der Waals surface area contributed by atoms with Gasteiger partial charge in [-0.2, -0.15) is 0 Å². The van der Waals surface area contributed by atoms with Crippen LogP contribution in [0.25, 0.3) is 33.4 Å². The standard InChI is InChI=1S/C57H55BN2/c1-54(2,3)40-32-43-42-31-39(37-20-14-11-15-21-37)26-27-49(42)60(41-23-16-22-38(30-41)36-18-12-10-13-19-36)58-48-25-17-24-44-53(48)59(51(33-40)52(43)58)50-35-46-45(34-47(50)57(44,8)9)55(4,5)28-29-56(46,6)7/h10-27,30-35H,28-29H2,1-9H3. The number of nitrogens with zero attached hydrogens (tertiary/aromatic N) is 2. The maximum atomic E-state index is 2.72. The first-order valence-corrected chi connectivity index (χ1v) is 22.1. The van der Waals surface area contributed by atoms with Gasteiger partial charge in [0.25, 0.3) is 0 Å². The highest BCUT2D eigenvalue weighted by Crippen LogP contribution is 2.58. The van der Waals surface area contributed by atoms with Crippen LogP contribution in [0.1, 0.15) is 103 Å². The van der Waals surface area contributed by atoms with Gasteiger partial charge in [-0.15, -0.1) is 0 Å². The topological polar surface area (TPSA) is 6.48 Å². The van der Waals surface area contributed by atoms with Gasteiger partial charge in [-0.3, -0.25) is 0 Å². The van der Waals surface area contributed by atoms with Crippen molar-refractivity contribution < 1.29 is 0 Å². The third-order valence-corrected chi connectivity index (χ3v) is 14.8. The second-order valence-corrected chi connectivity index (χ2v) is 20.9. The molecule has 0 radical (unpaired) electrons. The van der Waals surface area contributed by atoms with Crippen molar-refractivity contribution >= 4 is 46.2 Å². The van der Waals surface area contributed by atoms with Gasteiger partial charge >= 0.3 is 6.85 Å². The van der Waals surface area contributed by atoms with E-state index in [-0.39, 0.29) is 28.5 Å². The lowest BCUT2D eigenvalue weighted by molar-refractivity contribution is 0.331. The van der Waals surface area contributed by atoms with Gasteiger partial charge in [0, 0.05) is 33.7 Å². The summed E-state index contributed by atoms with van der Waals surface area (Å²) in [7, 11) is 0. The summed E-state index contributed by atoms with van der Waals surface area (Å²) >= 11 is 0. The maximum Gasteiger partial charge on any atom is 0.333 e. The normalized spacial score (nSPS) is 17.2. The van der Waals surface area contributed by atoms with E-state index in [0.29, 0.717) is 0 Å². The van der Waals surface area contributed by atoms with Crippen LogP contribution in [0.4, 0.5) is 28.4 Å². The first-order chi connectivity index (χ1) is 28.6. The molecule has 0 aromatic heterocycles. The molecule has 0 N–H and O–H groups in total. The quantitative estimate of drug-likeness (QED) is 0.165. The molecule has 0 saturated carbocycles. The Morgan fingerprint density at radius 3 is 1.77 bits per heavy atom. The monoisotopic (exact) mass is 778 g/mol. The van der Waals surface area contributed by atoms with Crippen molar-refractivity contribution in [1.82, 2.24) is 0 Å². The second kappa shape index (κ2) is 12.6. The fraction of sp³-hybridized carbons (Fsp3) is 0.263. The van der Waals surface area contributed by atoms with Gasteiger partial charge in [0.15, 0.2) is 0 Å². The Kier molecular flexibility index (Phi) is 7.83. The van der Waals surface area contributed by atoms with Gasteiger partial charge < -0.3 is 9.71 Å². The van der Waals surface area contributed by atoms with Gasteiger partial charge in [-0.1, -0.05) is 172 Å². The van der Waals surface area contributed by atoms with Crippen molar-refractivity contribution in [1.29, 1.82) is 0 Å². The summed E-state index contributed by atoms with van der Waals surface area (Å²) in [6, 6.07) is 55.7. The molecule has 0 amide bonds. The molecule has 0 atom stereocenters. The summed E-state index contributed by atoms with van der Waals surface area (Å²) in [6.07, 6.45) is 2.39. The average Bonchev–Trinajstić information content (AvgIpc) is 3.24. The van der Waals surface area contributed by atoms with Crippen LogP contribution in [0.2, 0.25) is 0 Å². The Hall–Kier alpha value is -5.80. The van der Waals surface area contributed by atoms with E-state index in [4.69, 9.17) is 0 Å². The first-order valence-electron chi connectivity index (χ1n) is 22.1. The number of fused-ring (bicyclic) bond motifs is 7. The molecule has 0 bridgehead atoms. The fourth-order valence-electron chi connectivity index (χ4n) is 11.2. The summed E-state index contributed by atoms with van der Waals surface area (Å²) in [5.41, 5.74) is 23.9. The molecule has 0 fully saturated rings. The summed E-state index contributed by atoms with van der Waals surface area (Å²) in [6.45, 7) is 21.9. The minimum absolute atomic E-state index is 0.0401. The SMILES string of the molecule is CC(C)(C)c1cc2c3c(c1)N1c4cc5c(cc4C(C)(C)c4cccc(c41)B3N(c1cccc(-c3ccccc3)c1)c1ccc(-c3ccccc3)cc1-2)C(C)(C)CCC5(C)C. The van der Waals surface area contributed by atoms with Crippen molar-refractivity contribution in [3.8, 4) is 33.4 Å². The minimum atomic E-state index is -0.207. The molecule has 2 nitrogen and oxygen atoms in total. The van der Waals surface area contributed by atoms with Crippen LogP contribution in [0.3, 0.4) is 0 Å². The van der Waals surface area contributed by atoms with Gasteiger partial charge in [0.2, 0.25) is 0 Å². The highest BCUT2D eigenvalue weighted by molar-refractivity contribution is 6.93. The molecule has 1 aliphatic carbocycles. The number of anilines is 5. The van der Waals surface area contributed by atoms with Gasteiger partial charge in [0.05, 0.1) is 5.69 Å². The highest BCUT2D eigenvalue weighted by atomic mass is 15.2. The molecule has 7 aromatic rings. The van der Waals surface area contributed by atoms with Crippen LogP contribution in [0.15, 0.2) is 146 Å². The molecule has 0 unspecified atom stereocenters. The molecule has 0 saturated heterocycles. The van der Waals surface area contributed by atoms with Crippen LogP contribution in [0, 0.1) is 0 Å². The molecule has 296 valence electrons. The Morgan fingerprint density at radius 1 is 0.483 bits per heavy atom. The highest BCUT2D eigenvalue weighted by Gasteiger charge is 2.51. The fourth-order valence-corrected chi connectivity index (χ4v) is 11.2. The van der Waals surface area contributed by atoms with Crippen molar-refractivity contribution in [3.63, 3.8) is 0 Å². The number of rotatable bonds is 3. The third-order valence-electron chi connectivity index (χ3n) is 14.8. The molecule has 11 rings (SSSR count). The average molecular weight is 779 g/mol. The van der Waals surface area contributed by atoms with Crippen LogP contribution in [0.5, 0.6) is 0 Å². The van der Waals surface area contributed by atoms with E-state index in [1.54, 1.807) is 0 Å². The van der Waals surface area contributed by atoms with Crippen LogP contribution < -0.4 is 20.6 Å². The van der Waals surface area contributed by atoms with E-state index < -0.39 is 0 Å². The van der Waals surface area contributed by atoms with E-state index in [1.807, 2.05) is 0 Å². The molecule has 3 heterocycles. The Labute approximate surface area is 358 Å². The molecule has 0 spiro atoms. The van der Waals surface area contributed by atoms with E-state index in [2.05, 4.69) is 218 Å². The second-order valence-electron chi connectivity index (χ2n) is 20.9. The predicted molar refractivity (Wildman–Crippen MR) is 257 cm³/mol. The van der Waals surface area contributed by atoms with Gasteiger partial charge in [0.1, 0.15) is 0 Å². The number of para-hydroxylation sites is 1. The molecular formula is C57H55BN2. The molecule has 3 aliphatic heterocycles. The minimum Gasteiger partial charge on any atom is -0.376 e. The van der Waals surface area contributed by atoms with Crippen LogP contribution >= 0.6 is 0 Å². The lowest BCUT2D eigenvalue weighted by Gasteiger charge is -2.52. The Bertz CT molecular complexity index is 2890. The van der Waals surface area contributed by atoms with Crippen molar-refractivity contribution in [2.75, 3.05) is 9.71 Å². The van der Waals surface area contributed by atoms with E-state index >= 15 is 0 Å². The first kappa shape index (κ1) is 37.2. The molecule has 60 heavy (non-hydrogen) atoms. The van der Waals surface area contributed by atoms with E-state index in [9.17, 15) is 0 Å². The van der Waals surface area contributed by atoms with Crippen LogP contribution in [-0.4, -0.2) is 6.85 Å². The largest absolute Gasteiger partial charge is 0.376 e. The summed E-state index contributed by atoms with van der Waals surface area (Å²) < 4.78 is 0. The molecule has 4 aliphatic rings. The lowest BCUT2D eigenvalue weighted by Crippen LogP contribution is -2.62. The van der Waals surface area contributed by atoms with Crippen molar-refractivity contribution in [2.45, 2.75) is 96.8 Å². The third kappa shape index (κ3) is 5.33. The molecule has 3 heteroatoms. The smallest absolute Gasteiger partial charge is 0.333 e. The zero-order chi connectivity index (χ0) is 41.5. The zero-order valence-electron chi connectivity index (χ0n) is 36.7. The lowest BCUT2D eigenvalue weighted by atomic mass is 9.42. The number of hydrogen-bond acceptors (Lipinski definition) is 2. The van der Waals surface area contributed by atoms with Crippen molar-refractivity contribution in [3.05, 3.63) is 173 Å². The number of benzene rings is 7. The Morgan fingerprint density at radius 2 is 1.10 bits per heavy atom. The van der Waals surface area contributed by atoms with Gasteiger partial charge in [-0.05, 0) is 132 Å². The van der Waals surface area contributed by atoms with E-state index in [1.165, 1.54) is 113 Å². The van der Waals surface area contributed by atoms with Crippen LogP contribution in [-0.2, 0) is 21.7 Å². The maximum absolute atomic E-state index is 2.72. The summed E-state index contributed by atoms with van der Waals surface area (Å²) in [5, 5.41) is 0. The zero-order valence-corrected chi connectivity index (χ0v) is 36.7.